The molecule has 0 aromatic rings. The van der Waals surface area contributed by atoms with Crippen LogP contribution in [0, 0.1) is 0 Å². The fourth-order valence-electron chi connectivity index (χ4n) is 0.674. The summed E-state index contributed by atoms with van der Waals surface area (Å²) in [6.07, 6.45) is 0.165. The second-order valence-corrected chi connectivity index (χ2v) is 2.30. The Balaban J connectivity index is 2.97. The maximum absolute atomic E-state index is 9.91. The number of nitrogens with two attached hydrogens (primary N) is 1. The number of aliphatic hydroxyl groups excluding tert-OH is 1. The van der Waals surface area contributed by atoms with E-state index in [1.54, 1.807) is 0 Å². The standard InChI is InChI=1S/C6H14N2O3/c7-5(9)3-1-2-4-8-6(10)11/h5,8-9H,1-4,7H2,(H,10,11). The van der Waals surface area contributed by atoms with Crippen molar-refractivity contribution >= 4 is 6.09 Å². The van der Waals surface area contributed by atoms with Crippen molar-refractivity contribution in [3.8, 4) is 0 Å². The molecule has 1 unspecified atom stereocenters. The summed E-state index contributed by atoms with van der Waals surface area (Å²) in [4.78, 5) is 9.91. The predicted octanol–water partition coefficient (Wildman–Crippen LogP) is -0.299. The first-order valence-electron chi connectivity index (χ1n) is 3.53. The zero-order valence-corrected chi connectivity index (χ0v) is 6.29. The first-order chi connectivity index (χ1) is 5.13. The third-order valence-corrected chi connectivity index (χ3v) is 1.20. The predicted molar refractivity (Wildman–Crippen MR) is 40.1 cm³/mol. The first-order valence-corrected chi connectivity index (χ1v) is 3.53. The molecule has 5 heteroatoms. The van der Waals surface area contributed by atoms with Crippen LogP contribution in [0.25, 0.3) is 0 Å². The van der Waals surface area contributed by atoms with E-state index in [0.29, 0.717) is 19.4 Å². The van der Waals surface area contributed by atoms with Crippen LogP contribution in [0.5, 0.6) is 0 Å². The summed E-state index contributed by atoms with van der Waals surface area (Å²) in [7, 11) is 0. The second-order valence-electron chi connectivity index (χ2n) is 2.30. The fourth-order valence-corrected chi connectivity index (χ4v) is 0.674. The van der Waals surface area contributed by atoms with Crippen molar-refractivity contribution in [1.29, 1.82) is 0 Å². The summed E-state index contributed by atoms with van der Waals surface area (Å²) in [6.45, 7) is 0.419. The van der Waals surface area contributed by atoms with Crippen LogP contribution < -0.4 is 11.1 Å². The number of nitrogens with one attached hydrogen (secondary N) is 1. The third kappa shape index (κ3) is 9.19. The Morgan fingerprint density at radius 2 is 2.18 bits per heavy atom. The van der Waals surface area contributed by atoms with Crippen molar-refractivity contribution in [2.45, 2.75) is 25.5 Å². The molecule has 11 heavy (non-hydrogen) atoms. The van der Waals surface area contributed by atoms with E-state index in [0.717, 1.165) is 6.42 Å². The Morgan fingerprint density at radius 3 is 2.64 bits per heavy atom. The Bertz CT molecular complexity index is 116. The Labute approximate surface area is 65.2 Å². The Kier molecular flexibility index (Phi) is 5.50. The lowest BCUT2D eigenvalue weighted by Gasteiger charge is -2.03. The number of carbonyl (C=O) groups is 1. The molecule has 0 bridgehead atoms. The highest BCUT2D eigenvalue weighted by Crippen LogP contribution is 1.94. The van der Waals surface area contributed by atoms with Crippen molar-refractivity contribution in [3.05, 3.63) is 0 Å². The van der Waals surface area contributed by atoms with E-state index in [2.05, 4.69) is 5.32 Å². The van der Waals surface area contributed by atoms with Crippen molar-refractivity contribution < 1.29 is 15.0 Å². The SMILES string of the molecule is NC(O)CCCCNC(=O)O. The summed E-state index contributed by atoms with van der Waals surface area (Å²) in [5.74, 6) is 0. The van der Waals surface area contributed by atoms with Gasteiger partial charge in [-0.3, -0.25) is 0 Å². The molecule has 0 aromatic carbocycles. The van der Waals surface area contributed by atoms with Crippen LogP contribution >= 0.6 is 0 Å². The molecular weight excluding hydrogens is 148 g/mol. The van der Waals surface area contributed by atoms with Gasteiger partial charge in [0.05, 0.1) is 0 Å². The molecule has 0 aliphatic rings. The molecule has 1 amide bonds. The molecule has 0 radical (unpaired) electrons. The average molecular weight is 162 g/mol. The number of amides is 1. The molecule has 0 aliphatic carbocycles. The molecular formula is C6H14N2O3. The maximum atomic E-state index is 9.91. The van der Waals surface area contributed by atoms with Crippen LogP contribution in [-0.2, 0) is 0 Å². The van der Waals surface area contributed by atoms with Gasteiger partial charge in [0.1, 0.15) is 6.23 Å². The molecule has 0 heterocycles. The largest absolute Gasteiger partial charge is 0.465 e. The number of rotatable bonds is 5. The van der Waals surface area contributed by atoms with Gasteiger partial charge in [-0.05, 0) is 19.3 Å². The van der Waals surface area contributed by atoms with Gasteiger partial charge in [0.2, 0.25) is 0 Å². The summed E-state index contributed by atoms with van der Waals surface area (Å²) >= 11 is 0. The van der Waals surface area contributed by atoms with Gasteiger partial charge >= 0.3 is 6.09 Å². The van der Waals surface area contributed by atoms with E-state index in [9.17, 15) is 4.79 Å². The van der Waals surface area contributed by atoms with Gasteiger partial charge in [0, 0.05) is 6.54 Å². The number of hydrogen-bond acceptors (Lipinski definition) is 3. The van der Waals surface area contributed by atoms with E-state index >= 15 is 0 Å². The van der Waals surface area contributed by atoms with E-state index in [1.807, 2.05) is 0 Å². The molecule has 5 nitrogen and oxygen atoms in total. The smallest absolute Gasteiger partial charge is 0.404 e. The monoisotopic (exact) mass is 162 g/mol. The third-order valence-electron chi connectivity index (χ3n) is 1.20. The van der Waals surface area contributed by atoms with Crippen LogP contribution in [0.2, 0.25) is 0 Å². The summed E-state index contributed by atoms with van der Waals surface area (Å²) < 4.78 is 0. The number of aliphatic hydroxyl groups is 1. The zero-order chi connectivity index (χ0) is 8.69. The quantitative estimate of drug-likeness (QED) is 0.329. The zero-order valence-electron chi connectivity index (χ0n) is 6.29. The molecule has 0 saturated heterocycles. The average Bonchev–Trinajstić information content (AvgIpc) is 1.85. The Hall–Kier alpha value is -0.810. The molecule has 0 fully saturated rings. The van der Waals surface area contributed by atoms with Crippen LogP contribution in [0.1, 0.15) is 19.3 Å². The van der Waals surface area contributed by atoms with Crippen LogP contribution in [0.3, 0.4) is 0 Å². The normalized spacial score (nSPS) is 12.5. The van der Waals surface area contributed by atoms with Gasteiger partial charge in [-0.15, -0.1) is 0 Å². The van der Waals surface area contributed by atoms with Gasteiger partial charge in [-0.2, -0.15) is 0 Å². The number of carboxylic acid groups (broad SMARTS) is 1. The van der Waals surface area contributed by atoms with Crippen molar-refractivity contribution in [1.82, 2.24) is 5.32 Å². The van der Waals surface area contributed by atoms with E-state index < -0.39 is 12.3 Å². The van der Waals surface area contributed by atoms with Gasteiger partial charge in [0.15, 0.2) is 0 Å². The van der Waals surface area contributed by atoms with Gasteiger partial charge in [0.25, 0.3) is 0 Å². The van der Waals surface area contributed by atoms with Crippen molar-refractivity contribution in [3.63, 3.8) is 0 Å². The molecule has 5 N–H and O–H groups in total. The van der Waals surface area contributed by atoms with Crippen molar-refractivity contribution in [2.24, 2.45) is 5.73 Å². The van der Waals surface area contributed by atoms with Gasteiger partial charge < -0.3 is 21.3 Å². The molecule has 0 aromatic heterocycles. The molecule has 0 spiro atoms. The topological polar surface area (TPSA) is 95.6 Å². The van der Waals surface area contributed by atoms with Gasteiger partial charge in [-0.1, -0.05) is 0 Å². The number of unbranched alkanes of at least 4 members (excludes halogenated alkanes) is 1. The van der Waals surface area contributed by atoms with E-state index in [4.69, 9.17) is 15.9 Å². The van der Waals surface area contributed by atoms with Crippen LogP contribution in [0.15, 0.2) is 0 Å². The summed E-state index contributed by atoms with van der Waals surface area (Å²) in [6, 6.07) is 0. The molecule has 66 valence electrons. The van der Waals surface area contributed by atoms with E-state index in [1.165, 1.54) is 0 Å². The summed E-state index contributed by atoms with van der Waals surface area (Å²) in [5, 5.41) is 19.0. The van der Waals surface area contributed by atoms with Crippen LogP contribution in [0.4, 0.5) is 4.79 Å². The highest BCUT2D eigenvalue weighted by molar-refractivity contribution is 5.64. The fraction of sp³-hybridized carbons (Fsp3) is 0.833. The lowest BCUT2D eigenvalue weighted by Crippen LogP contribution is -2.23. The molecule has 0 aliphatic heterocycles. The highest BCUT2D eigenvalue weighted by atomic mass is 16.4. The maximum Gasteiger partial charge on any atom is 0.404 e. The molecule has 1 atom stereocenters. The van der Waals surface area contributed by atoms with Crippen LogP contribution in [-0.4, -0.2) is 29.1 Å². The van der Waals surface area contributed by atoms with Gasteiger partial charge in [-0.25, -0.2) is 4.79 Å². The second kappa shape index (κ2) is 5.94. The minimum atomic E-state index is -1.02. The number of hydrogen-bond donors (Lipinski definition) is 4. The first kappa shape index (κ1) is 10.2. The van der Waals surface area contributed by atoms with Crippen molar-refractivity contribution in [2.75, 3.05) is 6.54 Å². The summed E-state index contributed by atoms with van der Waals surface area (Å²) in [5.41, 5.74) is 5.05. The van der Waals surface area contributed by atoms with E-state index in [-0.39, 0.29) is 0 Å². The minimum absolute atomic E-state index is 0.419. The highest BCUT2D eigenvalue weighted by Gasteiger charge is 1.96. The minimum Gasteiger partial charge on any atom is -0.465 e. The molecule has 0 rings (SSSR count). The lowest BCUT2D eigenvalue weighted by molar-refractivity contribution is 0.168. The Morgan fingerprint density at radius 1 is 1.55 bits per heavy atom. The molecule has 0 saturated carbocycles. The lowest BCUT2D eigenvalue weighted by atomic mass is 10.2.